The molecule has 0 atom stereocenters. The number of hydrogen-bond acceptors (Lipinski definition) is 1. The second-order valence-electron chi connectivity index (χ2n) is 2.02. The molecule has 1 aromatic rings. The van der Waals surface area contributed by atoms with Crippen LogP contribution in [0.3, 0.4) is 0 Å². The molecule has 13 heavy (non-hydrogen) atoms. The molecule has 0 saturated heterocycles. The van der Waals surface area contributed by atoms with Crippen molar-refractivity contribution in [3.63, 3.8) is 0 Å². The Bertz CT molecular complexity index is 311. The molecule has 1 radical (unpaired) electrons. The molecule has 0 saturated carbocycles. The topological polar surface area (TPSA) is 9.23 Å². The lowest BCUT2D eigenvalue weighted by molar-refractivity contribution is -0.274. The smallest absolute Gasteiger partial charge is 0.404 e. The van der Waals surface area contributed by atoms with Gasteiger partial charge in [-0.15, -0.1) is 13.2 Å². The quantitative estimate of drug-likeness (QED) is 0.714. The molecule has 0 aromatic heterocycles. The Balaban J connectivity index is 2.96. The third-order valence-corrected chi connectivity index (χ3v) is 1.85. The second-order valence-corrected chi connectivity index (χ2v) is 2.77. The van der Waals surface area contributed by atoms with E-state index in [0.717, 1.165) is 6.07 Å². The molecule has 0 amide bonds. The molecular formula is C7H2Cl2F3O. The number of halogens is 5. The van der Waals surface area contributed by atoms with Crippen molar-refractivity contribution in [2.75, 3.05) is 0 Å². The van der Waals surface area contributed by atoms with Gasteiger partial charge in [0, 0.05) is 6.07 Å². The van der Waals surface area contributed by atoms with Crippen molar-refractivity contribution in [3.05, 3.63) is 28.2 Å². The van der Waals surface area contributed by atoms with E-state index in [1.165, 1.54) is 6.07 Å². The molecule has 0 heterocycles. The number of ether oxygens (including phenoxy) is 1. The van der Waals surface area contributed by atoms with Crippen LogP contribution in [-0.4, -0.2) is 6.36 Å². The highest BCUT2D eigenvalue weighted by Gasteiger charge is 2.32. The third-order valence-electron chi connectivity index (χ3n) is 1.08. The Hall–Kier alpha value is -0.610. The van der Waals surface area contributed by atoms with Crippen molar-refractivity contribution >= 4 is 23.2 Å². The van der Waals surface area contributed by atoms with Gasteiger partial charge in [-0.05, 0) is 12.1 Å². The molecule has 0 unspecified atom stereocenters. The normalized spacial score (nSPS) is 11.5. The van der Waals surface area contributed by atoms with Crippen LogP contribution in [0.5, 0.6) is 5.75 Å². The summed E-state index contributed by atoms with van der Waals surface area (Å²) in [4.78, 5) is 0. The summed E-state index contributed by atoms with van der Waals surface area (Å²) >= 11 is 10.8. The maximum absolute atomic E-state index is 11.7. The van der Waals surface area contributed by atoms with Gasteiger partial charge < -0.3 is 4.74 Å². The van der Waals surface area contributed by atoms with E-state index in [4.69, 9.17) is 23.2 Å². The van der Waals surface area contributed by atoms with Gasteiger partial charge in [-0.1, -0.05) is 23.2 Å². The molecule has 0 spiro atoms. The predicted octanol–water partition coefficient (Wildman–Crippen LogP) is 3.69. The zero-order chi connectivity index (χ0) is 10.1. The summed E-state index contributed by atoms with van der Waals surface area (Å²) in [6, 6.07) is 4.63. The average Bonchev–Trinajstić information content (AvgIpc) is 1.96. The van der Waals surface area contributed by atoms with Crippen molar-refractivity contribution in [2.45, 2.75) is 6.36 Å². The number of alkyl halides is 3. The highest BCUT2D eigenvalue weighted by atomic mass is 35.5. The fraction of sp³-hybridized carbons (Fsp3) is 0.143. The SMILES string of the molecule is FC(F)(F)Oc1cc[c]c(Cl)c1Cl. The summed E-state index contributed by atoms with van der Waals surface area (Å²) in [5.41, 5.74) is 0. The highest BCUT2D eigenvalue weighted by molar-refractivity contribution is 6.42. The summed E-state index contributed by atoms with van der Waals surface area (Å²) in [6.07, 6.45) is -4.77. The first-order valence-electron chi connectivity index (χ1n) is 3.01. The molecule has 6 heteroatoms. The monoisotopic (exact) mass is 229 g/mol. The van der Waals surface area contributed by atoms with E-state index in [9.17, 15) is 13.2 Å². The maximum Gasteiger partial charge on any atom is 0.573 e. The van der Waals surface area contributed by atoms with Crippen LogP contribution in [-0.2, 0) is 0 Å². The first-order chi connectivity index (χ1) is 5.90. The van der Waals surface area contributed by atoms with E-state index in [-0.39, 0.29) is 10.0 Å². The molecule has 0 fully saturated rings. The van der Waals surface area contributed by atoms with Gasteiger partial charge >= 0.3 is 6.36 Å². The number of rotatable bonds is 1. The van der Waals surface area contributed by atoms with E-state index in [0.29, 0.717) is 0 Å². The van der Waals surface area contributed by atoms with E-state index < -0.39 is 12.1 Å². The van der Waals surface area contributed by atoms with Gasteiger partial charge in [0.1, 0.15) is 10.8 Å². The number of benzene rings is 1. The largest absolute Gasteiger partial charge is 0.573 e. The summed E-state index contributed by atoms with van der Waals surface area (Å²) in [5, 5.41) is -0.412. The fourth-order valence-corrected chi connectivity index (χ4v) is 0.951. The number of hydrogen-bond donors (Lipinski definition) is 0. The van der Waals surface area contributed by atoms with Crippen LogP contribution in [0, 0.1) is 6.07 Å². The summed E-state index contributed by atoms with van der Waals surface area (Å²) < 4.78 is 38.7. The van der Waals surface area contributed by atoms with Gasteiger partial charge in [-0.2, -0.15) is 0 Å². The summed E-state index contributed by atoms with van der Waals surface area (Å²) in [6.45, 7) is 0. The van der Waals surface area contributed by atoms with E-state index in [2.05, 4.69) is 10.8 Å². The van der Waals surface area contributed by atoms with Crippen LogP contribution in [0.4, 0.5) is 13.2 Å². The first kappa shape index (κ1) is 10.5. The van der Waals surface area contributed by atoms with Gasteiger partial charge in [0.2, 0.25) is 0 Å². The van der Waals surface area contributed by atoms with Gasteiger partial charge in [-0.3, -0.25) is 0 Å². The van der Waals surface area contributed by atoms with Crippen LogP contribution >= 0.6 is 23.2 Å². The molecule has 0 aliphatic heterocycles. The van der Waals surface area contributed by atoms with Crippen LogP contribution in [0.25, 0.3) is 0 Å². The Morgan fingerprint density at radius 2 is 1.92 bits per heavy atom. The molecule has 0 aliphatic carbocycles. The minimum Gasteiger partial charge on any atom is -0.404 e. The molecule has 0 aliphatic rings. The van der Waals surface area contributed by atoms with Crippen LogP contribution in [0.1, 0.15) is 0 Å². The molecule has 0 N–H and O–H groups in total. The summed E-state index contributed by atoms with van der Waals surface area (Å²) in [7, 11) is 0. The van der Waals surface area contributed by atoms with Crippen molar-refractivity contribution in [1.29, 1.82) is 0 Å². The minimum atomic E-state index is -4.77. The van der Waals surface area contributed by atoms with Crippen LogP contribution in [0.15, 0.2) is 12.1 Å². The van der Waals surface area contributed by atoms with Crippen molar-refractivity contribution in [2.24, 2.45) is 0 Å². The predicted molar refractivity (Wildman–Crippen MR) is 42.0 cm³/mol. The fourth-order valence-electron chi connectivity index (χ4n) is 0.639. The lowest BCUT2D eigenvalue weighted by Gasteiger charge is -2.10. The highest BCUT2D eigenvalue weighted by Crippen LogP contribution is 2.34. The van der Waals surface area contributed by atoms with Crippen molar-refractivity contribution in [1.82, 2.24) is 0 Å². The molecular weight excluding hydrogens is 228 g/mol. The minimum absolute atomic E-state index is 0.108. The zero-order valence-corrected chi connectivity index (χ0v) is 7.46. The molecule has 0 bridgehead atoms. The Kier molecular flexibility index (Phi) is 2.93. The lowest BCUT2D eigenvalue weighted by atomic mass is 10.3. The van der Waals surface area contributed by atoms with E-state index in [1.54, 1.807) is 0 Å². The van der Waals surface area contributed by atoms with Crippen molar-refractivity contribution < 1.29 is 17.9 Å². The van der Waals surface area contributed by atoms with Gasteiger partial charge in [0.05, 0.1) is 5.02 Å². The molecule has 1 rings (SSSR count). The summed E-state index contributed by atoms with van der Waals surface area (Å²) in [5.74, 6) is -0.530. The average molecular weight is 230 g/mol. The lowest BCUT2D eigenvalue weighted by Crippen LogP contribution is -2.17. The third kappa shape index (κ3) is 2.97. The molecule has 1 nitrogen and oxygen atoms in total. The Labute approximate surface area is 82.0 Å². The van der Waals surface area contributed by atoms with E-state index in [1.807, 2.05) is 0 Å². The van der Waals surface area contributed by atoms with Gasteiger partial charge in [0.15, 0.2) is 0 Å². The Morgan fingerprint density at radius 3 is 2.46 bits per heavy atom. The molecule has 1 aromatic carbocycles. The van der Waals surface area contributed by atoms with Gasteiger partial charge in [-0.25, -0.2) is 0 Å². The molecule has 71 valence electrons. The second kappa shape index (κ2) is 3.64. The zero-order valence-electron chi connectivity index (χ0n) is 5.95. The maximum atomic E-state index is 11.7. The Morgan fingerprint density at radius 1 is 1.31 bits per heavy atom. The van der Waals surface area contributed by atoms with Crippen LogP contribution < -0.4 is 4.74 Å². The van der Waals surface area contributed by atoms with Crippen molar-refractivity contribution in [3.8, 4) is 5.75 Å². The standard InChI is InChI=1S/C7H2Cl2F3O/c8-4-2-1-3-5(6(4)9)13-7(10,11)12/h1,3H. The first-order valence-corrected chi connectivity index (χ1v) is 3.77. The van der Waals surface area contributed by atoms with E-state index >= 15 is 0 Å². The van der Waals surface area contributed by atoms with Gasteiger partial charge in [0.25, 0.3) is 0 Å². The van der Waals surface area contributed by atoms with Crippen LogP contribution in [0.2, 0.25) is 10.0 Å².